The molecule has 2 heterocycles. The van der Waals surface area contributed by atoms with Crippen molar-refractivity contribution in [2.45, 2.75) is 29.9 Å². The van der Waals surface area contributed by atoms with E-state index in [1.807, 2.05) is 37.6 Å². The van der Waals surface area contributed by atoms with Crippen LogP contribution in [0.2, 0.25) is 0 Å². The summed E-state index contributed by atoms with van der Waals surface area (Å²) in [6.07, 6.45) is 4.38. The van der Waals surface area contributed by atoms with Crippen molar-refractivity contribution in [3.8, 4) is 0 Å². The molecule has 1 aliphatic rings. The van der Waals surface area contributed by atoms with Gasteiger partial charge in [-0.3, -0.25) is 4.90 Å². The van der Waals surface area contributed by atoms with Crippen LogP contribution in [0.3, 0.4) is 0 Å². The molecular formula is C17H21N3O2S2. The van der Waals surface area contributed by atoms with Crippen molar-refractivity contribution in [3.05, 3.63) is 53.9 Å². The third-order valence-electron chi connectivity index (χ3n) is 4.16. The zero-order valence-electron chi connectivity index (χ0n) is 13.6. The topological polar surface area (TPSA) is 63.2 Å². The molecular weight excluding hydrogens is 342 g/mol. The lowest BCUT2D eigenvalue weighted by molar-refractivity contribution is 0.253. The molecule has 1 saturated heterocycles. The Labute approximate surface area is 147 Å². The Hall–Kier alpha value is -1.44. The predicted molar refractivity (Wildman–Crippen MR) is 96.6 cm³/mol. The van der Waals surface area contributed by atoms with E-state index in [1.54, 1.807) is 11.8 Å². The fourth-order valence-electron chi connectivity index (χ4n) is 2.76. The van der Waals surface area contributed by atoms with Gasteiger partial charge in [-0.1, -0.05) is 42.1 Å². The highest BCUT2D eigenvalue weighted by Gasteiger charge is 2.30. The highest BCUT2D eigenvalue weighted by molar-refractivity contribution is 7.98. The van der Waals surface area contributed by atoms with Crippen molar-refractivity contribution in [3.63, 3.8) is 0 Å². The predicted octanol–water partition coefficient (Wildman–Crippen LogP) is 2.39. The second kappa shape index (κ2) is 7.63. The average Bonchev–Trinajstić information content (AvgIpc) is 2.95. The standard InChI is InChI=1S/C17H21N3O2S2/c1-20(16-7-8-24(21,22)13-16)11-15-9-18-17(19-10-15)23-12-14-5-3-2-4-6-14/h2-6,9-10,16H,7-8,11-13H2,1H3/t16-/m1/s1. The van der Waals surface area contributed by atoms with E-state index in [0.29, 0.717) is 18.7 Å². The van der Waals surface area contributed by atoms with Crippen molar-refractivity contribution in [2.24, 2.45) is 0 Å². The van der Waals surface area contributed by atoms with Crippen LogP contribution in [0.25, 0.3) is 0 Å². The minimum absolute atomic E-state index is 0.0992. The van der Waals surface area contributed by atoms with E-state index in [9.17, 15) is 8.42 Å². The Morgan fingerprint density at radius 3 is 2.50 bits per heavy atom. The molecule has 2 aromatic rings. The molecule has 24 heavy (non-hydrogen) atoms. The molecule has 5 nitrogen and oxygen atoms in total. The maximum atomic E-state index is 11.6. The molecule has 1 aromatic carbocycles. The molecule has 1 aromatic heterocycles. The van der Waals surface area contributed by atoms with Gasteiger partial charge in [0.1, 0.15) is 0 Å². The smallest absolute Gasteiger partial charge is 0.187 e. The largest absolute Gasteiger partial charge is 0.298 e. The van der Waals surface area contributed by atoms with E-state index in [2.05, 4.69) is 27.0 Å². The summed E-state index contributed by atoms with van der Waals surface area (Å²) in [5, 5.41) is 0.758. The van der Waals surface area contributed by atoms with Crippen LogP contribution in [-0.4, -0.2) is 47.9 Å². The molecule has 0 amide bonds. The zero-order chi connectivity index (χ0) is 17.0. The number of rotatable bonds is 6. The maximum Gasteiger partial charge on any atom is 0.187 e. The molecule has 0 unspecified atom stereocenters. The van der Waals surface area contributed by atoms with Crippen LogP contribution in [0, 0.1) is 0 Å². The van der Waals surface area contributed by atoms with Crippen molar-refractivity contribution in [2.75, 3.05) is 18.6 Å². The van der Waals surface area contributed by atoms with Crippen LogP contribution in [0.1, 0.15) is 17.5 Å². The summed E-state index contributed by atoms with van der Waals surface area (Å²) in [5.41, 5.74) is 2.25. The van der Waals surface area contributed by atoms with E-state index in [0.717, 1.165) is 16.5 Å². The van der Waals surface area contributed by atoms with Gasteiger partial charge < -0.3 is 0 Å². The average molecular weight is 364 g/mol. The molecule has 0 radical (unpaired) electrons. The van der Waals surface area contributed by atoms with Crippen LogP contribution in [0.5, 0.6) is 0 Å². The van der Waals surface area contributed by atoms with Crippen LogP contribution >= 0.6 is 11.8 Å². The summed E-state index contributed by atoms with van der Waals surface area (Å²) in [4.78, 5) is 10.9. The fraction of sp³-hybridized carbons (Fsp3) is 0.412. The molecule has 1 fully saturated rings. The van der Waals surface area contributed by atoms with Gasteiger partial charge in [-0.05, 0) is 19.0 Å². The third-order valence-corrected chi connectivity index (χ3v) is 6.85. The Kier molecular flexibility index (Phi) is 5.53. The Morgan fingerprint density at radius 1 is 1.17 bits per heavy atom. The Morgan fingerprint density at radius 2 is 1.88 bits per heavy atom. The van der Waals surface area contributed by atoms with E-state index in [-0.39, 0.29) is 11.8 Å². The number of hydrogen-bond acceptors (Lipinski definition) is 6. The van der Waals surface area contributed by atoms with E-state index < -0.39 is 9.84 Å². The van der Waals surface area contributed by atoms with Gasteiger partial charge >= 0.3 is 0 Å². The van der Waals surface area contributed by atoms with E-state index >= 15 is 0 Å². The third kappa shape index (κ3) is 4.78. The van der Waals surface area contributed by atoms with Crippen molar-refractivity contribution in [1.29, 1.82) is 0 Å². The molecule has 1 atom stereocenters. The second-order valence-electron chi connectivity index (χ2n) is 6.12. The number of aromatic nitrogens is 2. The van der Waals surface area contributed by atoms with Crippen molar-refractivity contribution >= 4 is 21.6 Å². The number of thioether (sulfide) groups is 1. The quantitative estimate of drug-likeness (QED) is 0.580. The lowest BCUT2D eigenvalue weighted by Gasteiger charge is -2.22. The number of sulfone groups is 1. The van der Waals surface area contributed by atoms with Gasteiger partial charge in [0.2, 0.25) is 0 Å². The molecule has 128 valence electrons. The molecule has 0 N–H and O–H groups in total. The maximum absolute atomic E-state index is 11.6. The molecule has 0 aliphatic carbocycles. The normalized spacial score (nSPS) is 19.7. The number of benzene rings is 1. The second-order valence-corrected chi connectivity index (χ2v) is 9.29. The number of hydrogen-bond donors (Lipinski definition) is 0. The summed E-state index contributed by atoms with van der Waals surface area (Å²) in [6.45, 7) is 0.670. The zero-order valence-corrected chi connectivity index (χ0v) is 15.3. The fourth-order valence-corrected chi connectivity index (χ4v) is 5.31. The summed E-state index contributed by atoms with van der Waals surface area (Å²) in [6, 6.07) is 10.3. The molecule has 0 spiro atoms. The Bertz CT molecular complexity index is 764. The first kappa shape index (κ1) is 17.4. The first-order valence-electron chi connectivity index (χ1n) is 7.90. The molecule has 1 aliphatic heterocycles. The van der Waals surface area contributed by atoms with Crippen molar-refractivity contribution in [1.82, 2.24) is 14.9 Å². The van der Waals surface area contributed by atoms with Gasteiger partial charge in [0.15, 0.2) is 15.0 Å². The minimum Gasteiger partial charge on any atom is -0.298 e. The van der Waals surface area contributed by atoms with Gasteiger partial charge in [-0.15, -0.1) is 0 Å². The van der Waals surface area contributed by atoms with E-state index in [4.69, 9.17) is 0 Å². The first-order valence-corrected chi connectivity index (χ1v) is 10.7. The monoisotopic (exact) mass is 363 g/mol. The van der Waals surface area contributed by atoms with Gasteiger partial charge in [0, 0.05) is 36.3 Å². The highest BCUT2D eigenvalue weighted by Crippen LogP contribution is 2.20. The summed E-state index contributed by atoms with van der Waals surface area (Å²) >= 11 is 1.61. The van der Waals surface area contributed by atoms with Crippen LogP contribution in [0.15, 0.2) is 47.9 Å². The summed E-state index contributed by atoms with van der Waals surface area (Å²) in [5.74, 6) is 1.41. The molecule has 0 bridgehead atoms. The first-order chi connectivity index (χ1) is 11.5. The van der Waals surface area contributed by atoms with Gasteiger partial charge in [-0.2, -0.15) is 0 Å². The molecule has 0 saturated carbocycles. The SMILES string of the molecule is CN(Cc1cnc(SCc2ccccc2)nc1)[C@@H]1CCS(=O)(=O)C1. The van der Waals surface area contributed by atoms with E-state index in [1.165, 1.54) is 5.56 Å². The van der Waals surface area contributed by atoms with Gasteiger partial charge in [-0.25, -0.2) is 18.4 Å². The molecule has 3 rings (SSSR count). The van der Waals surface area contributed by atoms with Crippen molar-refractivity contribution < 1.29 is 8.42 Å². The highest BCUT2D eigenvalue weighted by atomic mass is 32.2. The van der Waals surface area contributed by atoms with Crippen LogP contribution in [0.4, 0.5) is 0 Å². The Balaban J connectivity index is 1.53. The van der Waals surface area contributed by atoms with Crippen LogP contribution in [-0.2, 0) is 22.1 Å². The van der Waals surface area contributed by atoms with Gasteiger partial charge in [0.05, 0.1) is 11.5 Å². The number of nitrogens with zero attached hydrogens (tertiary/aromatic N) is 3. The van der Waals surface area contributed by atoms with Gasteiger partial charge in [0.25, 0.3) is 0 Å². The summed E-state index contributed by atoms with van der Waals surface area (Å²) in [7, 11) is -0.888. The molecule has 7 heteroatoms. The summed E-state index contributed by atoms with van der Waals surface area (Å²) < 4.78 is 23.2. The van der Waals surface area contributed by atoms with Crippen LogP contribution < -0.4 is 0 Å². The lowest BCUT2D eigenvalue weighted by Crippen LogP contribution is -2.32. The lowest BCUT2D eigenvalue weighted by atomic mass is 10.2. The minimum atomic E-state index is -2.85.